The molecule has 0 aliphatic heterocycles. The maximum absolute atomic E-state index is 5.93. The maximum atomic E-state index is 5.93. The van der Waals surface area contributed by atoms with E-state index in [1.54, 1.807) is 17.9 Å². The average Bonchev–Trinajstić information content (AvgIpc) is 2.52. The van der Waals surface area contributed by atoms with Crippen LogP contribution in [0, 0.1) is 0 Å². The Balaban J connectivity index is 2.23. The van der Waals surface area contributed by atoms with Gasteiger partial charge in [0.15, 0.2) is 10.9 Å². The second-order valence-electron chi connectivity index (χ2n) is 2.84. The summed E-state index contributed by atoms with van der Waals surface area (Å²) in [5.74, 6) is 1.32. The van der Waals surface area contributed by atoms with E-state index >= 15 is 0 Å². The van der Waals surface area contributed by atoms with Gasteiger partial charge in [0.2, 0.25) is 0 Å². The summed E-state index contributed by atoms with van der Waals surface area (Å²) in [6.45, 7) is 0. The lowest BCUT2D eigenvalue weighted by molar-refractivity contribution is 0.482. The molecule has 3 nitrogen and oxygen atoms in total. The van der Waals surface area contributed by atoms with Gasteiger partial charge in [0.05, 0.1) is 6.20 Å². The highest BCUT2D eigenvalue weighted by Gasteiger charge is 2.07. The highest BCUT2D eigenvalue weighted by molar-refractivity contribution is 6.31. The Kier molecular flexibility index (Phi) is 2.41. The van der Waals surface area contributed by atoms with Gasteiger partial charge in [-0.15, -0.1) is 0 Å². The molecule has 1 aromatic heterocycles. The van der Waals surface area contributed by atoms with Gasteiger partial charge in [-0.25, -0.2) is 0 Å². The summed E-state index contributed by atoms with van der Waals surface area (Å²) < 4.78 is 7.07. The van der Waals surface area contributed by atoms with Crippen molar-refractivity contribution in [3.8, 4) is 11.5 Å². The molecule has 2 aromatic rings. The first-order chi connectivity index (χ1) is 6.77. The SMILES string of the molecule is Cn1ncc(Oc2ccccc2)c1Cl. The molecule has 4 heteroatoms. The standard InChI is InChI=1S/C10H9ClN2O/c1-13-10(11)9(7-12-13)14-8-5-3-2-4-6-8/h2-7H,1H3. The molecule has 1 heterocycles. The van der Waals surface area contributed by atoms with E-state index in [4.69, 9.17) is 16.3 Å². The van der Waals surface area contributed by atoms with E-state index in [1.807, 2.05) is 30.3 Å². The summed E-state index contributed by atoms with van der Waals surface area (Å²) in [6.07, 6.45) is 1.59. The molecule has 0 saturated carbocycles. The minimum Gasteiger partial charge on any atom is -0.452 e. The Hall–Kier alpha value is -1.48. The van der Waals surface area contributed by atoms with Crippen molar-refractivity contribution in [3.05, 3.63) is 41.7 Å². The van der Waals surface area contributed by atoms with Gasteiger partial charge in [-0.1, -0.05) is 29.8 Å². The predicted octanol–water partition coefficient (Wildman–Crippen LogP) is 2.87. The zero-order valence-corrected chi connectivity index (χ0v) is 8.40. The number of hydrogen-bond acceptors (Lipinski definition) is 2. The van der Waals surface area contributed by atoms with E-state index in [-0.39, 0.29) is 0 Å². The smallest absolute Gasteiger partial charge is 0.184 e. The minimum atomic E-state index is 0.494. The number of hydrogen-bond donors (Lipinski definition) is 0. The molecule has 0 bridgehead atoms. The van der Waals surface area contributed by atoms with Crippen molar-refractivity contribution < 1.29 is 4.74 Å². The number of benzene rings is 1. The van der Waals surface area contributed by atoms with Gasteiger partial charge in [0.25, 0.3) is 0 Å². The molecule has 0 fully saturated rings. The molecule has 0 unspecified atom stereocenters. The Bertz CT molecular complexity index is 425. The predicted molar refractivity (Wildman–Crippen MR) is 54.7 cm³/mol. The summed E-state index contributed by atoms with van der Waals surface area (Å²) in [5, 5.41) is 4.47. The number of ether oxygens (including phenoxy) is 1. The van der Waals surface area contributed by atoms with Crippen LogP contribution in [0.25, 0.3) is 0 Å². The van der Waals surface area contributed by atoms with Crippen molar-refractivity contribution in [3.63, 3.8) is 0 Å². The second-order valence-corrected chi connectivity index (χ2v) is 3.20. The first-order valence-corrected chi connectivity index (χ1v) is 4.55. The molecule has 2 rings (SSSR count). The fourth-order valence-electron chi connectivity index (χ4n) is 1.09. The van der Waals surface area contributed by atoms with Gasteiger partial charge in [-0.05, 0) is 12.1 Å². The van der Waals surface area contributed by atoms with Crippen LogP contribution in [0.15, 0.2) is 36.5 Å². The van der Waals surface area contributed by atoms with Crippen LogP contribution in [-0.4, -0.2) is 9.78 Å². The van der Waals surface area contributed by atoms with E-state index in [0.29, 0.717) is 10.9 Å². The van der Waals surface area contributed by atoms with Gasteiger partial charge < -0.3 is 4.74 Å². The molecule has 0 N–H and O–H groups in total. The van der Waals surface area contributed by atoms with Crippen molar-refractivity contribution in [2.45, 2.75) is 0 Å². The van der Waals surface area contributed by atoms with Crippen molar-refractivity contribution in [2.24, 2.45) is 7.05 Å². The molecule has 1 aromatic carbocycles. The van der Waals surface area contributed by atoms with Gasteiger partial charge in [0.1, 0.15) is 5.75 Å². The molecule has 72 valence electrons. The molecule has 0 spiro atoms. The number of aromatic nitrogens is 2. The summed E-state index contributed by atoms with van der Waals surface area (Å²) in [5.41, 5.74) is 0. The Morgan fingerprint density at radius 1 is 1.29 bits per heavy atom. The van der Waals surface area contributed by atoms with E-state index in [9.17, 15) is 0 Å². The zero-order chi connectivity index (χ0) is 9.97. The fraction of sp³-hybridized carbons (Fsp3) is 0.100. The van der Waals surface area contributed by atoms with Crippen LogP contribution in [-0.2, 0) is 7.05 Å². The number of aryl methyl sites for hydroxylation is 1. The van der Waals surface area contributed by atoms with E-state index in [0.717, 1.165) is 5.75 Å². The van der Waals surface area contributed by atoms with Crippen LogP contribution in [0.3, 0.4) is 0 Å². The Morgan fingerprint density at radius 2 is 2.00 bits per heavy atom. The summed E-state index contributed by atoms with van der Waals surface area (Å²) in [7, 11) is 1.76. The zero-order valence-electron chi connectivity index (χ0n) is 7.64. The van der Waals surface area contributed by atoms with Gasteiger partial charge in [-0.2, -0.15) is 5.10 Å². The number of halogens is 1. The van der Waals surface area contributed by atoms with E-state index in [1.165, 1.54) is 0 Å². The quantitative estimate of drug-likeness (QED) is 0.759. The van der Waals surface area contributed by atoms with Crippen LogP contribution in [0.2, 0.25) is 5.15 Å². The van der Waals surface area contributed by atoms with E-state index < -0.39 is 0 Å². The second kappa shape index (κ2) is 3.72. The third kappa shape index (κ3) is 1.72. The highest BCUT2D eigenvalue weighted by atomic mass is 35.5. The fourth-order valence-corrected chi connectivity index (χ4v) is 1.22. The molecular formula is C10H9ClN2O. The molecule has 0 aliphatic rings. The van der Waals surface area contributed by atoms with E-state index in [2.05, 4.69) is 5.10 Å². The summed E-state index contributed by atoms with van der Waals surface area (Å²) >= 11 is 5.93. The van der Waals surface area contributed by atoms with Crippen LogP contribution in [0.5, 0.6) is 11.5 Å². The van der Waals surface area contributed by atoms with Gasteiger partial charge in [0, 0.05) is 7.05 Å². The van der Waals surface area contributed by atoms with Crippen LogP contribution in [0.1, 0.15) is 0 Å². The molecule has 0 atom stereocenters. The van der Waals surface area contributed by atoms with Crippen molar-refractivity contribution in [2.75, 3.05) is 0 Å². The lowest BCUT2D eigenvalue weighted by Crippen LogP contribution is -1.88. The van der Waals surface area contributed by atoms with Crippen LogP contribution in [0.4, 0.5) is 0 Å². The monoisotopic (exact) mass is 208 g/mol. The normalized spacial score (nSPS) is 10.1. The van der Waals surface area contributed by atoms with Crippen LogP contribution >= 0.6 is 11.6 Å². The Morgan fingerprint density at radius 3 is 2.57 bits per heavy atom. The summed E-state index contributed by atoms with van der Waals surface area (Å²) in [6, 6.07) is 9.46. The molecule has 0 radical (unpaired) electrons. The maximum Gasteiger partial charge on any atom is 0.184 e. The molecule has 0 saturated heterocycles. The van der Waals surface area contributed by atoms with Gasteiger partial charge >= 0.3 is 0 Å². The van der Waals surface area contributed by atoms with Crippen LogP contribution < -0.4 is 4.74 Å². The lowest BCUT2D eigenvalue weighted by atomic mass is 10.3. The first kappa shape index (κ1) is 9.09. The third-order valence-electron chi connectivity index (χ3n) is 1.81. The Labute approximate surface area is 86.9 Å². The molecule has 0 aliphatic carbocycles. The molecule has 0 amide bonds. The topological polar surface area (TPSA) is 27.1 Å². The largest absolute Gasteiger partial charge is 0.452 e. The van der Waals surface area contributed by atoms with Crippen molar-refractivity contribution in [1.29, 1.82) is 0 Å². The van der Waals surface area contributed by atoms with Crippen molar-refractivity contribution >= 4 is 11.6 Å². The minimum absolute atomic E-state index is 0.494. The van der Waals surface area contributed by atoms with Gasteiger partial charge in [-0.3, -0.25) is 4.68 Å². The lowest BCUT2D eigenvalue weighted by Gasteiger charge is -2.02. The molecule has 14 heavy (non-hydrogen) atoms. The number of para-hydroxylation sites is 1. The first-order valence-electron chi connectivity index (χ1n) is 4.18. The number of rotatable bonds is 2. The number of nitrogens with zero attached hydrogens (tertiary/aromatic N) is 2. The highest BCUT2D eigenvalue weighted by Crippen LogP contribution is 2.27. The third-order valence-corrected chi connectivity index (χ3v) is 2.24. The van der Waals surface area contributed by atoms with Crippen molar-refractivity contribution in [1.82, 2.24) is 9.78 Å². The summed E-state index contributed by atoms with van der Waals surface area (Å²) in [4.78, 5) is 0. The average molecular weight is 209 g/mol. The molecular weight excluding hydrogens is 200 g/mol.